The van der Waals surface area contributed by atoms with Gasteiger partial charge in [0, 0.05) is 57.1 Å². The molecular weight excluding hydrogens is 471 g/mol. The molecule has 0 amide bonds. The molecule has 4 rings (SSSR count). The molecule has 2 fully saturated rings. The zero-order valence-electron chi connectivity index (χ0n) is 18.9. The van der Waals surface area contributed by atoms with Crippen LogP contribution in [0.15, 0.2) is 35.5 Å². The highest BCUT2D eigenvalue weighted by atomic mass is 32.2. The highest BCUT2D eigenvalue weighted by Gasteiger charge is 2.52. The van der Waals surface area contributed by atoms with Gasteiger partial charge in [-0.05, 0) is 37.5 Å². The molecule has 2 aromatic rings. The van der Waals surface area contributed by atoms with Crippen LogP contribution in [0.5, 0.6) is 0 Å². The van der Waals surface area contributed by atoms with E-state index in [0.29, 0.717) is 38.3 Å². The number of methoxy groups -OCH3 is 1. The van der Waals surface area contributed by atoms with Crippen molar-refractivity contribution in [1.29, 1.82) is 5.26 Å². The number of alkyl halides is 3. The quantitative estimate of drug-likeness (QED) is 0.610. The van der Waals surface area contributed by atoms with E-state index in [-0.39, 0.29) is 23.9 Å². The molecule has 2 saturated heterocycles. The maximum atomic E-state index is 13.5. The van der Waals surface area contributed by atoms with Gasteiger partial charge in [0.15, 0.2) is 0 Å². The molecular formula is C22H26F3N5O3S. The fourth-order valence-electron chi connectivity index (χ4n) is 5.04. The predicted molar refractivity (Wildman–Crippen MR) is 117 cm³/mol. The Morgan fingerprint density at radius 3 is 2.71 bits per heavy atom. The van der Waals surface area contributed by atoms with Gasteiger partial charge in [0.25, 0.3) is 0 Å². The van der Waals surface area contributed by atoms with E-state index in [4.69, 9.17) is 10.00 Å². The minimum absolute atomic E-state index is 0.124. The summed E-state index contributed by atoms with van der Waals surface area (Å²) in [5.41, 5.74) is -1.46. The van der Waals surface area contributed by atoms with E-state index in [9.17, 15) is 21.6 Å². The van der Waals surface area contributed by atoms with E-state index in [1.54, 1.807) is 17.9 Å². The number of ether oxygens (including phenoxy) is 1. The highest BCUT2D eigenvalue weighted by Crippen LogP contribution is 2.46. The van der Waals surface area contributed by atoms with Crippen LogP contribution in [0.25, 0.3) is 0 Å². The summed E-state index contributed by atoms with van der Waals surface area (Å²) in [6.07, 6.45) is -1.24. The number of hydrogen-bond acceptors (Lipinski definition) is 6. The first kappa shape index (κ1) is 24.5. The second-order valence-electron chi connectivity index (χ2n) is 8.86. The third kappa shape index (κ3) is 4.28. The molecule has 34 heavy (non-hydrogen) atoms. The average molecular weight is 498 g/mol. The molecule has 184 valence electrons. The Labute approximate surface area is 196 Å². The lowest BCUT2D eigenvalue weighted by molar-refractivity contribution is -0.137. The Balaban J connectivity index is 1.61. The maximum absolute atomic E-state index is 13.5. The lowest BCUT2D eigenvalue weighted by atomic mass is 9.73. The second-order valence-corrected chi connectivity index (χ2v) is 10.8. The van der Waals surface area contributed by atoms with E-state index in [1.807, 2.05) is 11.8 Å². The third-order valence-corrected chi connectivity index (χ3v) is 8.66. The predicted octanol–water partition coefficient (Wildman–Crippen LogP) is 2.96. The summed E-state index contributed by atoms with van der Waals surface area (Å²) in [6.45, 7) is 4.11. The molecule has 0 spiro atoms. The van der Waals surface area contributed by atoms with Gasteiger partial charge in [-0.3, -0.25) is 4.68 Å². The molecule has 2 aliphatic heterocycles. The zero-order chi connectivity index (χ0) is 24.7. The Morgan fingerprint density at radius 2 is 2.09 bits per heavy atom. The van der Waals surface area contributed by atoms with Crippen LogP contribution in [0, 0.1) is 22.7 Å². The number of fused-ring (bicyclic) bond motifs is 1. The van der Waals surface area contributed by atoms with Crippen molar-refractivity contribution >= 4 is 15.7 Å². The fraction of sp³-hybridized carbons (Fsp3) is 0.545. The number of halogens is 3. The number of nitrogens with zero attached hydrogens (tertiary/aromatic N) is 5. The van der Waals surface area contributed by atoms with E-state index in [0.717, 1.165) is 6.07 Å². The summed E-state index contributed by atoms with van der Waals surface area (Å²) in [4.78, 5) is 1.96. The van der Waals surface area contributed by atoms with Crippen LogP contribution < -0.4 is 4.90 Å². The normalized spacial score (nSPS) is 23.6. The molecule has 1 aromatic heterocycles. The molecule has 0 radical (unpaired) electrons. The number of nitriles is 1. The molecule has 2 atom stereocenters. The third-order valence-electron chi connectivity index (χ3n) is 6.90. The highest BCUT2D eigenvalue weighted by molar-refractivity contribution is 7.89. The summed E-state index contributed by atoms with van der Waals surface area (Å²) in [5.74, 6) is -0.137. The SMILES string of the molecule is CCn1cc(S(=O)(=O)N2C[C@H]3CN(c4ccc(C#N)c(C(F)(F)F)c4)CC[C@@]3(COC)C2)cn1. The van der Waals surface area contributed by atoms with Gasteiger partial charge in [0.1, 0.15) is 4.90 Å². The Kier molecular flexibility index (Phi) is 6.39. The Hall–Kier alpha value is -2.62. The summed E-state index contributed by atoms with van der Waals surface area (Å²) in [5, 5.41) is 13.1. The molecule has 3 heterocycles. The van der Waals surface area contributed by atoms with Gasteiger partial charge in [0.05, 0.1) is 30.0 Å². The number of benzene rings is 1. The number of anilines is 1. The second kappa shape index (κ2) is 8.87. The lowest BCUT2D eigenvalue weighted by Gasteiger charge is -2.44. The minimum Gasteiger partial charge on any atom is -0.384 e. The molecule has 2 aliphatic rings. The fourth-order valence-corrected chi connectivity index (χ4v) is 6.57. The number of aryl methyl sites for hydroxylation is 1. The van der Waals surface area contributed by atoms with E-state index >= 15 is 0 Å². The first-order chi connectivity index (χ1) is 16.0. The zero-order valence-corrected chi connectivity index (χ0v) is 19.7. The van der Waals surface area contributed by atoms with Crippen molar-refractivity contribution in [3.8, 4) is 6.07 Å². The van der Waals surface area contributed by atoms with Gasteiger partial charge in [-0.25, -0.2) is 8.42 Å². The summed E-state index contributed by atoms with van der Waals surface area (Å²) >= 11 is 0. The molecule has 0 unspecified atom stereocenters. The molecule has 0 saturated carbocycles. The van der Waals surface area contributed by atoms with Crippen molar-refractivity contribution in [3.05, 3.63) is 41.7 Å². The monoisotopic (exact) mass is 497 g/mol. The van der Waals surface area contributed by atoms with Crippen LogP contribution in [0.4, 0.5) is 18.9 Å². The van der Waals surface area contributed by atoms with E-state index in [1.165, 1.54) is 28.8 Å². The van der Waals surface area contributed by atoms with Gasteiger partial charge in [0.2, 0.25) is 10.0 Å². The van der Waals surface area contributed by atoms with Crippen LogP contribution in [0.2, 0.25) is 0 Å². The lowest BCUT2D eigenvalue weighted by Crippen LogP contribution is -2.49. The molecule has 0 bridgehead atoms. The van der Waals surface area contributed by atoms with Crippen molar-refractivity contribution in [1.82, 2.24) is 14.1 Å². The number of hydrogen-bond donors (Lipinski definition) is 0. The van der Waals surface area contributed by atoms with E-state index < -0.39 is 32.7 Å². The topological polar surface area (TPSA) is 91.5 Å². The number of rotatable bonds is 6. The van der Waals surface area contributed by atoms with Gasteiger partial charge >= 0.3 is 6.18 Å². The Bertz CT molecular complexity index is 1210. The van der Waals surface area contributed by atoms with Crippen molar-refractivity contribution in [2.75, 3.05) is 44.8 Å². The largest absolute Gasteiger partial charge is 0.417 e. The van der Waals surface area contributed by atoms with Gasteiger partial charge in [-0.2, -0.15) is 27.8 Å². The first-order valence-electron chi connectivity index (χ1n) is 10.9. The first-order valence-corrected chi connectivity index (χ1v) is 12.4. The van der Waals surface area contributed by atoms with Crippen LogP contribution in [-0.2, 0) is 27.5 Å². The van der Waals surface area contributed by atoms with Crippen LogP contribution in [-0.4, -0.2) is 62.4 Å². The number of aromatic nitrogens is 2. The number of piperidine rings is 1. The van der Waals surface area contributed by atoms with Crippen molar-refractivity contribution in [2.45, 2.75) is 31.0 Å². The van der Waals surface area contributed by atoms with Gasteiger partial charge < -0.3 is 9.64 Å². The molecule has 0 aliphatic carbocycles. The molecule has 0 N–H and O–H groups in total. The van der Waals surface area contributed by atoms with Crippen molar-refractivity contribution in [2.24, 2.45) is 11.3 Å². The minimum atomic E-state index is -4.64. The van der Waals surface area contributed by atoms with Crippen LogP contribution in [0.3, 0.4) is 0 Å². The van der Waals surface area contributed by atoms with Crippen molar-refractivity contribution in [3.63, 3.8) is 0 Å². The maximum Gasteiger partial charge on any atom is 0.417 e. The average Bonchev–Trinajstić information content (AvgIpc) is 3.43. The van der Waals surface area contributed by atoms with Crippen molar-refractivity contribution < 1.29 is 26.3 Å². The van der Waals surface area contributed by atoms with Crippen LogP contribution in [0.1, 0.15) is 24.5 Å². The standard InChI is InChI=1S/C22H26F3N5O3S/c1-3-29-13-19(10-27-29)34(31,32)30-12-17-11-28(7-6-21(17,14-30)15-33-2)18-5-4-16(9-26)20(8-18)22(23,24)25/h4-5,8,10,13,17H,3,6-7,11-12,14-15H2,1-2H3/t17-,21+/m1/s1. The molecule has 1 aromatic carbocycles. The van der Waals surface area contributed by atoms with Gasteiger partial charge in [-0.15, -0.1) is 0 Å². The molecule has 8 nitrogen and oxygen atoms in total. The summed E-state index contributed by atoms with van der Waals surface area (Å²) in [6, 6.07) is 5.31. The van der Waals surface area contributed by atoms with Crippen LogP contribution >= 0.6 is 0 Å². The van der Waals surface area contributed by atoms with E-state index in [2.05, 4.69) is 5.10 Å². The summed E-state index contributed by atoms with van der Waals surface area (Å²) < 4.78 is 75.4. The Morgan fingerprint density at radius 1 is 1.32 bits per heavy atom. The smallest absolute Gasteiger partial charge is 0.384 e. The molecule has 12 heteroatoms. The summed E-state index contributed by atoms with van der Waals surface area (Å²) in [7, 11) is -2.20. The number of sulfonamides is 1. The van der Waals surface area contributed by atoms with Gasteiger partial charge in [-0.1, -0.05) is 0 Å².